The molecular weight excluding hydrogens is 434 g/mol. The number of ether oxygens (including phenoxy) is 1. The molecule has 176 valence electrons. The minimum atomic E-state index is -0.525. The molecule has 0 amide bonds. The first kappa shape index (κ1) is 20.1. The monoisotopic (exact) mass is 463 g/mol. The Balaban J connectivity index is 1.72. The van der Waals surface area contributed by atoms with E-state index in [0.717, 1.165) is 29.3 Å². The van der Waals surface area contributed by atoms with Gasteiger partial charge < -0.3 is 18.8 Å². The van der Waals surface area contributed by atoms with Crippen molar-refractivity contribution in [3.8, 4) is 0 Å². The molecule has 4 atom stereocenters. The van der Waals surface area contributed by atoms with Crippen LogP contribution < -0.4 is 0 Å². The Kier molecular flexibility index (Phi) is 3.64. The zero-order valence-electron chi connectivity index (χ0n) is 20.6. The summed E-state index contributed by atoms with van der Waals surface area (Å²) in [5.41, 5.74) is 6.42. The van der Waals surface area contributed by atoms with Gasteiger partial charge in [0.2, 0.25) is 0 Å². The molecule has 3 aliphatic rings. The second kappa shape index (κ2) is 6.34. The number of para-hydroxylation sites is 2. The van der Waals surface area contributed by atoms with Crippen LogP contribution in [0.15, 0.2) is 48.5 Å². The largest absolute Gasteiger partial charge is 0.332 e. The predicted molar refractivity (Wildman–Crippen MR) is 140 cm³/mol. The highest BCUT2D eigenvalue weighted by molar-refractivity contribution is 6.31. The SMILES string of the molecule is C[C@@H]1[C@H](N(C)C)C[C@H]2O[C@]1(C)n1c3ccccc3c3c4c(c5c6ccccc6n2c5c31)C(=O)CC4. The minimum absolute atomic E-state index is 0.109. The standard InChI is InChI=1S/C30H29N3O2/c1-16-22(31(3)4)15-24-32-20-11-7-5-9-17(20)27-26-19(13-14-23(26)34)25-18-10-6-8-12-21(18)33(29(25)28(27)32)30(16,2)35-24/h5-12,16,22,24H,13-15H2,1-4H3/t16-,22-,24-,30+/m1/s1. The summed E-state index contributed by atoms with van der Waals surface area (Å²) in [6.07, 6.45) is 2.21. The molecule has 2 aromatic heterocycles. The molecule has 0 saturated carbocycles. The van der Waals surface area contributed by atoms with Gasteiger partial charge in [0.05, 0.1) is 22.1 Å². The summed E-state index contributed by atoms with van der Waals surface area (Å²) >= 11 is 0. The van der Waals surface area contributed by atoms with Crippen LogP contribution in [0.2, 0.25) is 0 Å². The van der Waals surface area contributed by atoms with Crippen LogP contribution in [0.1, 0.15) is 48.8 Å². The fourth-order valence-corrected chi connectivity index (χ4v) is 7.75. The van der Waals surface area contributed by atoms with Gasteiger partial charge in [-0.1, -0.05) is 43.3 Å². The van der Waals surface area contributed by atoms with E-state index in [-0.39, 0.29) is 17.9 Å². The summed E-state index contributed by atoms with van der Waals surface area (Å²) < 4.78 is 12.1. The van der Waals surface area contributed by atoms with E-state index in [1.807, 2.05) is 0 Å². The van der Waals surface area contributed by atoms with Crippen LogP contribution in [0.3, 0.4) is 0 Å². The highest BCUT2D eigenvalue weighted by atomic mass is 16.5. The molecule has 35 heavy (non-hydrogen) atoms. The summed E-state index contributed by atoms with van der Waals surface area (Å²) in [4.78, 5) is 15.8. The van der Waals surface area contributed by atoms with Crippen LogP contribution in [-0.4, -0.2) is 40.0 Å². The lowest BCUT2D eigenvalue weighted by atomic mass is 9.84. The molecule has 1 saturated heterocycles. The molecule has 1 fully saturated rings. The topological polar surface area (TPSA) is 39.4 Å². The van der Waals surface area contributed by atoms with Crippen molar-refractivity contribution in [1.82, 2.24) is 14.0 Å². The Bertz CT molecular complexity index is 1760. The van der Waals surface area contributed by atoms with Crippen molar-refractivity contribution >= 4 is 49.4 Å². The number of aryl methyl sites for hydroxylation is 1. The van der Waals surface area contributed by atoms with Crippen molar-refractivity contribution in [3.63, 3.8) is 0 Å². The van der Waals surface area contributed by atoms with E-state index in [1.54, 1.807) is 0 Å². The van der Waals surface area contributed by atoms with Gasteiger partial charge in [0.1, 0.15) is 12.0 Å². The van der Waals surface area contributed by atoms with Crippen molar-refractivity contribution in [3.05, 3.63) is 59.7 Å². The van der Waals surface area contributed by atoms with Gasteiger partial charge in [-0.15, -0.1) is 0 Å². The lowest BCUT2D eigenvalue weighted by Gasteiger charge is -2.50. The van der Waals surface area contributed by atoms with Crippen LogP contribution in [0, 0.1) is 5.92 Å². The number of rotatable bonds is 1. The molecule has 2 bridgehead atoms. The quantitative estimate of drug-likeness (QED) is 0.297. The average molecular weight is 464 g/mol. The van der Waals surface area contributed by atoms with Crippen LogP contribution in [0.25, 0.3) is 43.6 Å². The van der Waals surface area contributed by atoms with Crippen LogP contribution >= 0.6 is 0 Å². The van der Waals surface area contributed by atoms with E-state index in [0.29, 0.717) is 12.5 Å². The summed E-state index contributed by atoms with van der Waals surface area (Å²) in [7, 11) is 4.38. The third kappa shape index (κ3) is 2.17. The van der Waals surface area contributed by atoms with E-state index in [4.69, 9.17) is 4.74 Å². The second-order valence-electron chi connectivity index (χ2n) is 11.1. The number of ketones is 1. The number of aromatic nitrogens is 2. The molecule has 0 unspecified atom stereocenters. The summed E-state index contributed by atoms with van der Waals surface area (Å²) in [6.45, 7) is 4.62. The molecular formula is C30H29N3O2. The van der Waals surface area contributed by atoms with Gasteiger partial charge in [-0.2, -0.15) is 0 Å². The highest BCUT2D eigenvalue weighted by Crippen LogP contribution is 2.55. The number of hydrogen-bond acceptors (Lipinski definition) is 3. The third-order valence-corrected chi connectivity index (χ3v) is 9.38. The lowest BCUT2D eigenvalue weighted by Crippen LogP contribution is -2.54. The van der Waals surface area contributed by atoms with Gasteiger partial charge in [-0.25, -0.2) is 0 Å². The van der Waals surface area contributed by atoms with E-state index < -0.39 is 5.72 Å². The van der Waals surface area contributed by atoms with Gasteiger partial charge in [0.25, 0.3) is 0 Å². The van der Waals surface area contributed by atoms with Gasteiger partial charge in [-0.05, 0) is 45.1 Å². The second-order valence-corrected chi connectivity index (χ2v) is 11.1. The van der Waals surface area contributed by atoms with Crippen molar-refractivity contribution in [2.75, 3.05) is 14.1 Å². The molecule has 0 radical (unpaired) electrons. The first-order chi connectivity index (χ1) is 16.9. The zero-order valence-corrected chi connectivity index (χ0v) is 20.6. The van der Waals surface area contributed by atoms with Crippen LogP contribution in [0.4, 0.5) is 0 Å². The number of benzene rings is 3. The van der Waals surface area contributed by atoms with Crippen molar-refractivity contribution in [2.24, 2.45) is 5.92 Å². The Labute approximate surface area is 203 Å². The molecule has 5 aromatic rings. The molecule has 3 aromatic carbocycles. The summed E-state index contributed by atoms with van der Waals surface area (Å²) in [6, 6.07) is 17.7. The van der Waals surface area contributed by atoms with Crippen molar-refractivity contribution in [2.45, 2.75) is 51.1 Å². The third-order valence-electron chi connectivity index (χ3n) is 9.38. The fourth-order valence-electron chi connectivity index (χ4n) is 7.75. The summed E-state index contributed by atoms with van der Waals surface area (Å²) in [5.74, 6) is 0.550. The van der Waals surface area contributed by atoms with Gasteiger partial charge in [-0.3, -0.25) is 4.79 Å². The Morgan fingerprint density at radius 2 is 1.63 bits per heavy atom. The fraction of sp³-hybridized carbons (Fsp3) is 0.367. The maximum Gasteiger partial charge on any atom is 0.164 e. The molecule has 1 aliphatic carbocycles. The molecule has 0 N–H and O–H groups in total. The highest BCUT2D eigenvalue weighted by Gasteiger charge is 2.51. The number of Topliss-reactive ketones (excluding diaryl/α,β-unsaturated/α-hetero) is 1. The maximum atomic E-state index is 13.5. The molecule has 5 heteroatoms. The molecule has 5 nitrogen and oxygen atoms in total. The van der Waals surface area contributed by atoms with Crippen LogP contribution in [-0.2, 0) is 16.9 Å². The molecule has 0 spiro atoms. The first-order valence-corrected chi connectivity index (χ1v) is 12.8. The molecule has 8 rings (SSSR count). The van der Waals surface area contributed by atoms with Crippen molar-refractivity contribution in [1.29, 1.82) is 0 Å². The van der Waals surface area contributed by atoms with Gasteiger partial charge >= 0.3 is 0 Å². The lowest BCUT2D eigenvalue weighted by molar-refractivity contribution is -0.234. The molecule has 2 aliphatic heterocycles. The van der Waals surface area contributed by atoms with Crippen LogP contribution in [0.5, 0.6) is 0 Å². The Morgan fingerprint density at radius 3 is 2.37 bits per heavy atom. The maximum absolute atomic E-state index is 13.5. The van der Waals surface area contributed by atoms with E-state index in [9.17, 15) is 4.79 Å². The minimum Gasteiger partial charge on any atom is -0.332 e. The van der Waals surface area contributed by atoms with Crippen molar-refractivity contribution < 1.29 is 9.53 Å². The number of nitrogens with zero attached hydrogens (tertiary/aromatic N) is 3. The number of carbonyl (C=O) groups is 1. The Hall–Kier alpha value is -3.15. The van der Waals surface area contributed by atoms with E-state index >= 15 is 0 Å². The smallest absolute Gasteiger partial charge is 0.164 e. The number of carbonyl (C=O) groups excluding carboxylic acids is 1. The van der Waals surface area contributed by atoms with Gasteiger partial charge in [0.15, 0.2) is 5.78 Å². The number of hydrogen-bond donors (Lipinski definition) is 0. The summed E-state index contributed by atoms with van der Waals surface area (Å²) in [5, 5.41) is 4.78. The predicted octanol–water partition coefficient (Wildman–Crippen LogP) is 6.20. The van der Waals surface area contributed by atoms with E-state index in [1.165, 1.54) is 38.3 Å². The molecule has 4 heterocycles. The average Bonchev–Trinajstić information content (AvgIpc) is 3.48. The normalized spacial score (nSPS) is 27.7. The first-order valence-electron chi connectivity index (χ1n) is 12.8. The zero-order chi connectivity index (χ0) is 23.8. The van der Waals surface area contributed by atoms with E-state index in [2.05, 4.69) is 90.5 Å². The number of fused-ring (bicyclic) bond motifs is 13. The Morgan fingerprint density at radius 1 is 0.943 bits per heavy atom. The van der Waals surface area contributed by atoms with Gasteiger partial charge in [0, 0.05) is 51.9 Å².